The van der Waals surface area contributed by atoms with E-state index in [9.17, 15) is 4.79 Å². The maximum absolute atomic E-state index is 11.8. The Kier molecular flexibility index (Phi) is 5.52. The first-order valence-corrected chi connectivity index (χ1v) is 10.3. The van der Waals surface area contributed by atoms with E-state index in [2.05, 4.69) is 31.5 Å². The van der Waals surface area contributed by atoms with Gasteiger partial charge < -0.3 is 15.4 Å². The van der Waals surface area contributed by atoms with Crippen molar-refractivity contribution < 1.29 is 9.53 Å². The zero-order chi connectivity index (χ0) is 17.3. The average molecular weight is 416 g/mol. The smallest absolute Gasteiger partial charge is 0.407 e. The zero-order valence-corrected chi connectivity index (χ0v) is 16.9. The van der Waals surface area contributed by atoms with Crippen LogP contribution in [0.3, 0.4) is 0 Å². The van der Waals surface area contributed by atoms with E-state index < -0.39 is 5.60 Å². The van der Waals surface area contributed by atoms with Crippen LogP contribution in [0.25, 0.3) is 0 Å². The minimum atomic E-state index is -0.435. The fourth-order valence-electron chi connectivity index (χ4n) is 3.31. The lowest BCUT2D eigenvalue weighted by molar-refractivity contribution is 0.0489. The highest BCUT2D eigenvalue weighted by molar-refractivity contribution is 9.11. The van der Waals surface area contributed by atoms with E-state index >= 15 is 0 Å². The molecule has 0 aliphatic heterocycles. The van der Waals surface area contributed by atoms with Gasteiger partial charge in [-0.25, -0.2) is 9.78 Å². The second kappa shape index (κ2) is 7.30. The highest BCUT2D eigenvalue weighted by Crippen LogP contribution is 2.44. The van der Waals surface area contributed by atoms with Crippen LogP contribution in [0, 0.1) is 0 Å². The molecule has 2 atom stereocenters. The lowest BCUT2D eigenvalue weighted by Crippen LogP contribution is -2.44. The molecule has 1 heterocycles. The van der Waals surface area contributed by atoms with Gasteiger partial charge in [0.15, 0.2) is 3.92 Å². The number of amides is 1. The van der Waals surface area contributed by atoms with E-state index in [0.29, 0.717) is 18.0 Å². The highest BCUT2D eigenvalue weighted by Gasteiger charge is 2.41. The van der Waals surface area contributed by atoms with Gasteiger partial charge in [-0.15, -0.1) is 11.3 Å². The molecule has 2 N–H and O–H groups in total. The third-order valence-corrected chi connectivity index (χ3v) is 6.16. The SMILES string of the molecule is CC(C)(C)OC(=O)NC1CCC(NC2CC2c2cnc(Br)s2)CC1. The quantitative estimate of drug-likeness (QED) is 0.773. The number of carbonyl (C=O) groups is 1. The highest BCUT2D eigenvalue weighted by atomic mass is 79.9. The Morgan fingerprint density at radius 1 is 1.29 bits per heavy atom. The summed E-state index contributed by atoms with van der Waals surface area (Å²) in [6.45, 7) is 5.67. The molecule has 0 aromatic carbocycles. The van der Waals surface area contributed by atoms with Gasteiger partial charge in [-0.1, -0.05) is 0 Å². The van der Waals surface area contributed by atoms with Crippen LogP contribution in [0.2, 0.25) is 0 Å². The van der Waals surface area contributed by atoms with Gasteiger partial charge in [0, 0.05) is 35.1 Å². The number of aromatic nitrogens is 1. The average Bonchev–Trinajstić information content (AvgIpc) is 3.10. The monoisotopic (exact) mass is 415 g/mol. The van der Waals surface area contributed by atoms with Gasteiger partial charge in [-0.3, -0.25) is 0 Å². The fraction of sp³-hybridized carbons (Fsp3) is 0.765. The lowest BCUT2D eigenvalue weighted by Gasteiger charge is -2.30. The molecule has 24 heavy (non-hydrogen) atoms. The molecule has 1 amide bonds. The van der Waals surface area contributed by atoms with E-state index in [1.54, 1.807) is 11.3 Å². The first kappa shape index (κ1) is 18.1. The van der Waals surface area contributed by atoms with Crippen molar-refractivity contribution in [1.82, 2.24) is 15.6 Å². The van der Waals surface area contributed by atoms with Gasteiger partial charge in [0.2, 0.25) is 0 Å². The Labute approximate surface area is 156 Å². The fourth-order valence-corrected chi connectivity index (χ4v) is 4.79. The first-order chi connectivity index (χ1) is 11.3. The summed E-state index contributed by atoms with van der Waals surface area (Å²) < 4.78 is 6.30. The summed E-state index contributed by atoms with van der Waals surface area (Å²) in [5.41, 5.74) is -0.435. The first-order valence-electron chi connectivity index (χ1n) is 8.67. The predicted molar refractivity (Wildman–Crippen MR) is 99.5 cm³/mol. The van der Waals surface area contributed by atoms with E-state index in [0.717, 1.165) is 29.6 Å². The molecule has 0 bridgehead atoms. The summed E-state index contributed by atoms with van der Waals surface area (Å²) in [5.74, 6) is 0.631. The summed E-state index contributed by atoms with van der Waals surface area (Å²) in [6.07, 6.45) is 7.15. The van der Waals surface area contributed by atoms with Crippen LogP contribution in [0.1, 0.15) is 63.7 Å². The molecule has 3 rings (SSSR count). The largest absolute Gasteiger partial charge is 0.444 e. The van der Waals surface area contributed by atoms with Crippen LogP contribution in [0.5, 0.6) is 0 Å². The molecule has 1 aromatic heterocycles. The van der Waals surface area contributed by atoms with Crippen molar-refractivity contribution >= 4 is 33.4 Å². The second-order valence-corrected chi connectivity index (χ2v) is 10.2. The number of rotatable bonds is 4. The van der Waals surface area contributed by atoms with Gasteiger partial charge in [-0.2, -0.15) is 0 Å². The Balaban J connectivity index is 1.36. The van der Waals surface area contributed by atoms with Crippen molar-refractivity contribution in [2.24, 2.45) is 0 Å². The van der Waals surface area contributed by atoms with Crippen LogP contribution in [-0.2, 0) is 4.74 Å². The van der Waals surface area contributed by atoms with Gasteiger partial charge in [0.25, 0.3) is 0 Å². The Hall–Kier alpha value is -0.660. The van der Waals surface area contributed by atoms with Crippen LogP contribution >= 0.6 is 27.3 Å². The number of ether oxygens (including phenoxy) is 1. The summed E-state index contributed by atoms with van der Waals surface area (Å²) in [7, 11) is 0. The molecule has 7 heteroatoms. The molecule has 2 aliphatic carbocycles. The lowest BCUT2D eigenvalue weighted by atomic mass is 9.91. The van der Waals surface area contributed by atoms with Gasteiger partial charge in [0.1, 0.15) is 5.60 Å². The Morgan fingerprint density at radius 2 is 1.96 bits per heavy atom. The number of nitrogens with zero attached hydrogens (tertiary/aromatic N) is 1. The molecule has 0 saturated heterocycles. The number of hydrogen-bond acceptors (Lipinski definition) is 5. The summed E-state index contributed by atoms with van der Waals surface area (Å²) in [6, 6.07) is 1.40. The normalized spacial score (nSPS) is 30.0. The number of halogens is 1. The molecular formula is C17H26BrN3O2S. The Bertz CT molecular complexity index is 579. The number of hydrogen-bond donors (Lipinski definition) is 2. The molecule has 134 valence electrons. The van der Waals surface area contributed by atoms with Crippen molar-refractivity contribution in [3.63, 3.8) is 0 Å². The molecule has 2 saturated carbocycles. The Morgan fingerprint density at radius 3 is 2.54 bits per heavy atom. The van der Waals surface area contributed by atoms with Crippen molar-refractivity contribution in [2.75, 3.05) is 0 Å². The minimum Gasteiger partial charge on any atom is -0.444 e. The van der Waals surface area contributed by atoms with Crippen molar-refractivity contribution in [2.45, 2.75) is 82.5 Å². The molecular weight excluding hydrogens is 390 g/mol. The van der Waals surface area contributed by atoms with Crippen molar-refractivity contribution in [3.8, 4) is 0 Å². The molecule has 5 nitrogen and oxygen atoms in total. The van der Waals surface area contributed by atoms with Crippen LogP contribution < -0.4 is 10.6 Å². The second-order valence-electron chi connectivity index (χ2n) is 7.83. The van der Waals surface area contributed by atoms with Gasteiger partial charge in [-0.05, 0) is 68.8 Å². The minimum absolute atomic E-state index is 0.241. The molecule has 1 aromatic rings. The van der Waals surface area contributed by atoms with E-state index in [1.165, 1.54) is 11.3 Å². The number of nitrogens with one attached hydrogen (secondary N) is 2. The topological polar surface area (TPSA) is 63.2 Å². The number of carbonyl (C=O) groups excluding carboxylic acids is 1. The van der Waals surface area contributed by atoms with Crippen LogP contribution in [0.4, 0.5) is 4.79 Å². The molecule has 2 fully saturated rings. The van der Waals surface area contributed by atoms with Gasteiger partial charge >= 0.3 is 6.09 Å². The van der Waals surface area contributed by atoms with E-state index in [4.69, 9.17) is 4.74 Å². The van der Waals surface area contributed by atoms with Crippen LogP contribution in [-0.4, -0.2) is 34.8 Å². The summed E-state index contributed by atoms with van der Waals surface area (Å²) >= 11 is 5.17. The third kappa shape index (κ3) is 5.17. The van der Waals surface area contributed by atoms with E-state index in [-0.39, 0.29) is 12.1 Å². The van der Waals surface area contributed by atoms with Crippen LogP contribution in [0.15, 0.2) is 10.1 Å². The molecule has 2 aliphatic rings. The van der Waals surface area contributed by atoms with E-state index in [1.807, 2.05) is 27.0 Å². The summed E-state index contributed by atoms with van der Waals surface area (Å²) in [4.78, 5) is 17.5. The maximum atomic E-state index is 11.8. The van der Waals surface area contributed by atoms with Crippen molar-refractivity contribution in [3.05, 3.63) is 15.0 Å². The molecule has 2 unspecified atom stereocenters. The maximum Gasteiger partial charge on any atom is 0.407 e. The standard InChI is InChI=1S/C17H26BrN3O2S/c1-17(2,3)23-16(22)21-11-6-4-10(5-7-11)20-13-8-12(13)14-9-19-15(18)24-14/h9-13,20H,4-8H2,1-3H3,(H,21,22). The number of thiazole rings is 1. The zero-order valence-electron chi connectivity index (χ0n) is 14.5. The molecule has 0 radical (unpaired) electrons. The predicted octanol–water partition coefficient (Wildman–Crippen LogP) is 4.19. The van der Waals surface area contributed by atoms with Crippen molar-refractivity contribution in [1.29, 1.82) is 0 Å². The third-order valence-electron chi connectivity index (χ3n) is 4.55. The number of alkyl carbamates (subject to hydrolysis) is 1. The summed E-state index contributed by atoms with van der Waals surface area (Å²) in [5, 5.41) is 6.78. The molecule has 0 spiro atoms. The van der Waals surface area contributed by atoms with Gasteiger partial charge in [0.05, 0.1) is 0 Å².